The number of methoxy groups -OCH3 is 1. The minimum Gasteiger partial charge on any atom is -0.497 e. The van der Waals surface area contributed by atoms with E-state index in [1.54, 1.807) is 7.11 Å². The molecule has 1 aromatic carbocycles. The molecule has 1 aliphatic rings. The average molecular weight is 291 g/mol. The maximum absolute atomic E-state index is 10.2. The Bertz CT molecular complexity index is 383. The molecule has 0 saturated heterocycles. The second kappa shape index (κ2) is 9.06. The molecule has 3 heteroatoms. The molecule has 0 aromatic heterocycles. The van der Waals surface area contributed by atoms with Gasteiger partial charge in [-0.15, -0.1) is 0 Å². The van der Waals surface area contributed by atoms with Crippen molar-refractivity contribution in [1.29, 1.82) is 0 Å². The van der Waals surface area contributed by atoms with E-state index in [1.165, 1.54) is 44.9 Å². The zero-order valence-corrected chi connectivity index (χ0v) is 13.2. The molecule has 2 rings (SSSR count). The highest BCUT2D eigenvalue weighted by molar-refractivity contribution is 5.28. The summed E-state index contributed by atoms with van der Waals surface area (Å²) in [6.07, 6.45) is 9.82. The molecule has 118 valence electrons. The molecule has 0 spiro atoms. The SMILES string of the molecule is COc1ccc(C(O)CCNC2CCCCCCC2)cc1. The summed E-state index contributed by atoms with van der Waals surface area (Å²) in [7, 11) is 1.66. The van der Waals surface area contributed by atoms with Crippen LogP contribution in [0.3, 0.4) is 0 Å². The molecule has 0 bridgehead atoms. The normalized spacial score (nSPS) is 18.8. The molecule has 21 heavy (non-hydrogen) atoms. The van der Waals surface area contributed by atoms with Crippen LogP contribution in [0.2, 0.25) is 0 Å². The smallest absolute Gasteiger partial charge is 0.118 e. The van der Waals surface area contributed by atoms with Crippen molar-refractivity contribution in [2.24, 2.45) is 0 Å². The van der Waals surface area contributed by atoms with Gasteiger partial charge in [-0.25, -0.2) is 0 Å². The predicted molar refractivity (Wildman–Crippen MR) is 86.7 cm³/mol. The van der Waals surface area contributed by atoms with Gasteiger partial charge in [0, 0.05) is 6.04 Å². The van der Waals surface area contributed by atoms with E-state index in [0.29, 0.717) is 6.04 Å². The summed E-state index contributed by atoms with van der Waals surface area (Å²) >= 11 is 0. The van der Waals surface area contributed by atoms with Crippen molar-refractivity contribution in [2.45, 2.75) is 63.5 Å². The van der Waals surface area contributed by atoms with E-state index in [9.17, 15) is 5.11 Å². The van der Waals surface area contributed by atoms with Crippen LogP contribution in [0.5, 0.6) is 5.75 Å². The first kappa shape index (κ1) is 16.3. The van der Waals surface area contributed by atoms with Gasteiger partial charge >= 0.3 is 0 Å². The van der Waals surface area contributed by atoms with Gasteiger partial charge in [-0.05, 0) is 43.5 Å². The maximum Gasteiger partial charge on any atom is 0.118 e. The molecule has 1 aromatic rings. The summed E-state index contributed by atoms with van der Waals surface area (Å²) in [5.74, 6) is 0.832. The number of hydrogen-bond acceptors (Lipinski definition) is 3. The standard InChI is InChI=1S/C18H29NO2/c1-21-17-11-9-15(10-12-17)18(20)13-14-19-16-7-5-3-2-4-6-8-16/h9-12,16,18-20H,2-8,13-14H2,1H3. The van der Waals surface area contributed by atoms with E-state index in [1.807, 2.05) is 24.3 Å². The largest absolute Gasteiger partial charge is 0.497 e. The minimum atomic E-state index is -0.392. The Morgan fingerprint density at radius 1 is 1.10 bits per heavy atom. The van der Waals surface area contributed by atoms with Crippen molar-refractivity contribution < 1.29 is 9.84 Å². The molecule has 0 heterocycles. The van der Waals surface area contributed by atoms with Gasteiger partial charge in [0.25, 0.3) is 0 Å². The molecule has 0 radical (unpaired) electrons. The molecule has 2 N–H and O–H groups in total. The zero-order chi connectivity index (χ0) is 14.9. The number of aliphatic hydroxyl groups is 1. The van der Waals surface area contributed by atoms with Gasteiger partial charge in [0.15, 0.2) is 0 Å². The van der Waals surface area contributed by atoms with Crippen LogP contribution in [0, 0.1) is 0 Å². The first-order valence-corrected chi connectivity index (χ1v) is 8.35. The van der Waals surface area contributed by atoms with Crippen molar-refractivity contribution in [3.8, 4) is 5.75 Å². The highest BCUT2D eigenvalue weighted by Gasteiger charge is 2.12. The van der Waals surface area contributed by atoms with Crippen LogP contribution in [-0.2, 0) is 0 Å². The minimum absolute atomic E-state index is 0.392. The number of hydrogen-bond donors (Lipinski definition) is 2. The van der Waals surface area contributed by atoms with Crippen LogP contribution in [0.1, 0.15) is 63.0 Å². The summed E-state index contributed by atoms with van der Waals surface area (Å²) in [5.41, 5.74) is 0.968. The summed E-state index contributed by atoms with van der Waals surface area (Å²) in [4.78, 5) is 0. The fourth-order valence-corrected chi connectivity index (χ4v) is 3.08. The van der Waals surface area contributed by atoms with Crippen LogP contribution < -0.4 is 10.1 Å². The van der Waals surface area contributed by atoms with Gasteiger partial charge < -0.3 is 15.2 Å². The van der Waals surface area contributed by atoms with Crippen LogP contribution in [0.25, 0.3) is 0 Å². The molecule has 1 fully saturated rings. The van der Waals surface area contributed by atoms with Crippen LogP contribution in [0.4, 0.5) is 0 Å². The van der Waals surface area contributed by atoms with Crippen molar-refractivity contribution in [3.05, 3.63) is 29.8 Å². The third-order valence-electron chi connectivity index (χ3n) is 4.46. The van der Waals surface area contributed by atoms with E-state index in [4.69, 9.17) is 4.74 Å². The molecule has 1 aliphatic carbocycles. The average Bonchev–Trinajstić information content (AvgIpc) is 2.49. The van der Waals surface area contributed by atoms with Crippen LogP contribution in [-0.4, -0.2) is 24.8 Å². The van der Waals surface area contributed by atoms with Crippen LogP contribution in [0.15, 0.2) is 24.3 Å². The lowest BCUT2D eigenvalue weighted by molar-refractivity contribution is 0.164. The highest BCUT2D eigenvalue weighted by Crippen LogP contribution is 2.20. The van der Waals surface area contributed by atoms with Crippen molar-refractivity contribution in [3.63, 3.8) is 0 Å². The maximum atomic E-state index is 10.2. The Morgan fingerprint density at radius 3 is 2.33 bits per heavy atom. The Hall–Kier alpha value is -1.06. The Morgan fingerprint density at radius 2 is 1.71 bits per heavy atom. The topological polar surface area (TPSA) is 41.5 Å². The third kappa shape index (κ3) is 5.68. The summed E-state index contributed by atoms with van der Waals surface area (Å²) < 4.78 is 5.14. The molecule has 1 saturated carbocycles. The van der Waals surface area contributed by atoms with Gasteiger partial charge in [-0.2, -0.15) is 0 Å². The van der Waals surface area contributed by atoms with E-state index >= 15 is 0 Å². The van der Waals surface area contributed by atoms with E-state index < -0.39 is 6.10 Å². The number of nitrogens with one attached hydrogen (secondary N) is 1. The van der Waals surface area contributed by atoms with Gasteiger partial charge in [0.2, 0.25) is 0 Å². The number of rotatable bonds is 6. The van der Waals surface area contributed by atoms with Gasteiger partial charge in [-0.3, -0.25) is 0 Å². The lowest BCUT2D eigenvalue weighted by atomic mass is 9.96. The monoisotopic (exact) mass is 291 g/mol. The molecule has 1 unspecified atom stereocenters. The lowest BCUT2D eigenvalue weighted by Gasteiger charge is -2.22. The highest BCUT2D eigenvalue weighted by atomic mass is 16.5. The fraction of sp³-hybridized carbons (Fsp3) is 0.667. The van der Waals surface area contributed by atoms with Crippen molar-refractivity contribution in [2.75, 3.05) is 13.7 Å². The Labute approximate surface area is 128 Å². The zero-order valence-electron chi connectivity index (χ0n) is 13.2. The quantitative estimate of drug-likeness (QED) is 0.837. The lowest BCUT2D eigenvalue weighted by Crippen LogP contribution is -2.31. The number of aliphatic hydroxyl groups excluding tert-OH is 1. The van der Waals surface area contributed by atoms with Gasteiger partial charge in [0.1, 0.15) is 5.75 Å². The molecule has 3 nitrogen and oxygen atoms in total. The van der Waals surface area contributed by atoms with Gasteiger partial charge in [-0.1, -0.05) is 44.2 Å². The van der Waals surface area contributed by atoms with Crippen molar-refractivity contribution >= 4 is 0 Å². The van der Waals surface area contributed by atoms with Crippen molar-refractivity contribution in [1.82, 2.24) is 5.32 Å². The molecule has 0 amide bonds. The van der Waals surface area contributed by atoms with Gasteiger partial charge in [0.05, 0.1) is 13.2 Å². The second-order valence-electron chi connectivity index (χ2n) is 6.07. The predicted octanol–water partition coefficient (Wildman–Crippen LogP) is 3.82. The van der Waals surface area contributed by atoms with E-state index in [2.05, 4.69) is 5.32 Å². The fourth-order valence-electron chi connectivity index (χ4n) is 3.08. The summed E-state index contributed by atoms with van der Waals surface area (Å²) in [6, 6.07) is 8.34. The van der Waals surface area contributed by atoms with E-state index in [0.717, 1.165) is 24.3 Å². The molecule has 0 aliphatic heterocycles. The second-order valence-corrected chi connectivity index (χ2v) is 6.07. The number of ether oxygens (including phenoxy) is 1. The van der Waals surface area contributed by atoms with Crippen LogP contribution >= 0.6 is 0 Å². The number of benzene rings is 1. The first-order valence-electron chi connectivity index (χ1n) is 8.35. The summed E-state index contributed by atoms with van der Waals surface area (Å²) in [6.45, 7) is 0.887. The molecule has 1 atom stereocenters. The van der Waals surface area contributed by atoms with E-state index in [-0.39, 0.29) is 0 Å². The molecular formula is C18H29NO2. The Balaban J connectivity index is 1.71. The summed E-state index contributed by atoms with van der Waals surface area (Å²) in [5, 5.41) is 13.9. The molecular weight excluding hydrogens is 262 g/mol. The third-order valence-corrected chi connectivity index (χ3v) is 4.46. The Kier molecular flexibility index (Phi) is 7.04. The first-order chi connectivity index (χ1) is 10.3.